The number of hydrogen-bond donors (Lipinski definition) is 1. The molecular formula is C33H62O5. The van der Waals surface area contributed by atoms with Crippen LogP contribution in [0.15, 0.2) is 12.2 Å². The summed E-state index contributed by atoms with van der Waals surface area (Å²) in [4.78, 5) is 24.0. The van der Waals surface area contributed by atoms with Crippen LogP contribution in [0.25, 0.3) is 0 Å². The van der Waals surface area contributed by atoms with E-state index in [1.54, 1.807) is 0 Å². The molecule has 0 heterocycles. The predicted molar refractivity (Wildman–Crippen MR) is 159 cm³/mol. The molecule has 0 aliphatic carbocycles. The fourth-order valence-corrected chi connectivity index (χ4v) is 4.55. The number of aliphatic hydroxyl groups excluding tert-OH is 1. The molecule has 0 aliphatic heterocycles. The van der Waals surface area contributed by atoms with E-state index in [2.05, 4.69) is 26.0 Å². The first kappa shape index (κ1) is 36.6. The fraction of sp³-hybridized carbons (Fsp3) is 0.879. The molecule has 0 aromatic carbocycles. The van der Waals surface area contributed by atoms with Crippen molar-refractivity contribution < 1.29 is 24.2 Å². The van der Waals surface area contributed by atoms with Crippen LogP contribution in [0.4, 0.5) is 0 Å². The molecule has 0 fully saturated rings. The first-order valence-electron chi connectivity index (χ1n) is 16.2. The average molecular weight is 539 g/mol. The van der Waals surface area contributed by atoms with Crippen molar-refractivity contribution in [3.63, 3.8) is 0 Å². The third-order valence-electron chi connectivity index (χ3n) is 7.06. The van der Waals surface area contributed by atoms with E-state index in [0.717, 1.165) is 44.9 Å². The van der Waals surface area contributed by atoms with Gasteiger partial charge in [-0.25, -0.2) is 0 Å². The van der Waals surface area contributed by atoms with Gasteiger partial charge in [0.1, 0.15) is 6.61 Å². The zero-order chi connectivity index (χ0) is 27.9. The summed E-state index contributed by atoms with van der Waals surface area (Å²) in [6.07, 6.45) is 31.1. The minimum atomic E-state index is -0.766. The van der Waals surface area contributed by atoms with E-state index < -0.39 is 6.10 Å². The number of esters is 2. The third-order valence-corrected chi connectivity index (χ3v) is 7.06. The van der Waals surface area contributed by atoms with Crippen LogP contribution in [-0.2, 0) is 19.1 Å². The maximum absolute atomic E-state index is 12.1. The van der Waals surface area contributed by atoms with Gasteiger partial charge in [-0.05, 0) is 38.5 Å². The highest BCUT2D eigenvalue weighted by molar-refractivity contribution is 5.70. The molecule has 1 N–H and O–H groups in total. The first-order chi connectivity index (χ1) is 18.6. The van der Waals surface area contributed by atoms with Gasteiger partial charge in [0, 0.05) is 12.8 Å². The zero-order valence-electron chi connectivity index (χ0n) is 25.2. The highest BCUT2D eigenvalue weighted by Gasteiger charge is 2.16. The average Bonchev–Trinajstić information content (AvgIpc) is 2.92. The number of carbonyl (C=O) groups excluding carboxylic acids is 2. The van der Waals surface area contributed by atoms with Crippen LogP contribution in [0.5, 0.6) is 0 Å². The molecule has 1 atom stereocenters. The summed E-state index contributed by atoms with van der Waals surface area (Å²) in [5, 5.41) is 9.48. The second-order valence-corrected chi connectivity index (χ2v) is 10.9. The number of ether oxygens (including phenoxy) is 2. The van der Waals surface area contributed by atoms with Crippen molar-refractivity contribution in [3.05, 3.63) is 12.2 Å². The Morgan fingerprint density at radius 2 is 0.974 bits per heavy atom. The monoisotopic (exact) mass is 538 g/mol. The molecule has 0 rings (SSSR count). The Balaban J connectivity index is 3.59. The molecule has 0 unspecified atom stereocenters. The minimum Gasteiger partial charge on any atom is -0.462 e. The molecule has 224 valence electrons. The van der Waals surface area contributed by atoms with Crippen molar-refractivity contribution in [3.8, 4) is 0 Å². The molecule has 0 aliphatic rings. The van der Waals surface area contributed by atoms with Crippen LogP contribution in [-0.4, -0.2) is 36.4 Å². The van der Waals surface area contributed by atoms with E-state index in [4.69, 9.17) is 9.47 Å². The van der Waals surface area contributed by atoms with Crippen LogP contribution < -0.4 is 0 Å². The Kier molecular flexibility index (Phi) is 29.1. The van der Waals surface area contributed by atoms with E-state index in [0.29, 0.717) is 12.8 Å². The van der Waals surface area contributed by atoms with Gasteiger partial charge in [-0.1, -0.05) is 129 Å². The van der Waals surface area contributed by atoms with Crippen molar-refractivity contribution in [2.45, 2.75) is 174 Å². The van der Waals surface area contributed by atoms with Gasteiger partial charge in [0.2, 0.25) is 0 Å². The number of allylic oxidation sites excluding steroid dienone is 2. The van der Waals surface area contributed by atoms with Crippen LogP contribution >= 0.6 is 0 Å². The molecule has 0 bridgehead atoms. The molecule has 0 saturated carbocycles. The second-order valence-electron chi connectivity index (χ2n) is 10.9. The number of rotatable bonds is 29. The Labute approximate surface area is 235 Å². The smallest absolute Gasteiger partial charge is 0.306 e. The molecule has 0 spiro atoms. The van der Waals surface area contributed by atoms with Gasteiger partial charge in [-0.15, -0.1) is 0 Å². The molecule has 0 saturated heterocycles. The summed E-state index contributed by atoms with van der Waals surface area (Å²) in [5.74, 6) is -0.599. The lowest BCUT2D eigenvalue weighted by atomic mass is 10.1. The van der Waals surface area contributed by atoms with Gasteiger partial charge in [0.05, 0.1) is 6.61 Å². The lowest BCUT2D eigenvalue weighted by Crippen LogP contribution is -2.28. The quantitative estimate of drug-likeness (QED) is 0.0583. The van der Waals surface area contributed by atoms with E-state index in [-0.39, 0.29) is 25.2 Å². The molecule has 5 heteroatoms. The summed E-state index contributed by atoms with van der Waals surface area (Å²) >= 11 is 0. The number of aliphatic hydroxyl groups is 1. The Bertz CT molecular complexity index is 546. The normalized spacial score (nSPS) is 12.2. The van der Waals surface area contributed by atoms with E-state index in [1.807, 2.05) is 0 Å². The maximum atomic E-state index is 12.1. The lowest BCUT2D eigenvalue weighted by molar-refractivity contribution is -0.161. The summed E-state index contributed by atoms with van der Waals surface area (Å²) in [6.45, 7) is 4.09. The number of unbranched alkanes of at least 4 members (excludes halogenated alkanes) is 19. The molecule has 0 aromatic rings. The second kappa shape index (κ2) is 30.2. The van der Waals surface area contributed by atoms with Crippen LogP contribution in [0.2, 0.25) is 0 Å². The van der Waals surface area contributed by atoms with Gasteiger partial charge < -0.3 is 14.6 Å². The molecule has 0 amide bonds. The van der Waals surface area contributed by atoms with Crippen molar-refractivity contribution in [2.75, 3.05) is 13.2 Å². The number of hydrogen-bond acceptors (Lipinski definition) is 5. The number of carbonyl (C=O) groups is 2. The first-order valence-corrected chi connectivity index (χ1v) is 16.2. The molecule has 5 nitrogen and oxygen atoms in total. The minimum absolute atomic E-state index is 0.0643. The standard InChI is InChI=1S/C33H62O5/c1-3-5-7-9-11-13-15-16-18-20-22-24-26-28-33(36)38-31(29-34)30-37-32(35)27-25-23-21-19-17-14-12-10-8-6-4-2/h13,15,31,34H,3-12,14,16-30H2,1-2H3/b15-13+/t31-/m0/s1. The van der Waals surface area contributed by atoms with Crippen molar-refractivity contribution in [2.24, 2.45) is 0 Å². The van der Waals surface area contributed by atoms with E-state index >= 15 is 0 Å². The highest BCUT2D eigenvalue weighted by Crippen LogP contribution is 2.13. The van der Waals surface area contributed by atoms with Crippen molar-refractivity contribution >= 4 is 11.9 Å². The molecule has 0 radical (unpaired) electrons. The van der Waals surface area contributed by atoms with Crippen LogP contribution in [0.3, 0.4) is 0 Å². The van der Waals surface area contributed by atoms with Gasteiger partial charge in [-0.2, -0.15) is 0 Å². The fourth-order valence-electron chi connectivity index (χ4n) is 4.55. The Morgan fingerprint density at radius 1 is 0.579 bits per heavy atom. The van der Waals surface area contributed by atoms with Crippen molar-refractivity contribution in [1.82, 2.24) is 0 Å². The van der Waals surface area contributed by atoms with Gasteiger partial charge >= 0.3 is 11.9 Å². The van der Waals surface area contributed by atoms with Gasteiger partial charge in [0.15, 0.2) is 6.10 Å². The predicted octanol–water partition coefficient (Wildman–Crippen LogP) is 9.39. The maximum Gasteiger partial charge on any atom is 0.306 e. The Morgan fingerprint density at radius 3 is 1.45 bits per heavy atom. The topological polar surface area (TPSA) is 72.8 Å². The lowest BCUT2D eigenvalue weighted by Gasteiger charge is -2.15. The molecular weight excluding hydrogens is 476 g/mol. The SMILES string of the molecule is CCCCCC/C=C/CCCCCCCC(=O)O[C@@H](CO)COC(=O)CCCCCCCCCCCCC. The van der Waals surface area contributed by atoms with Crippen LogP contribution in [0, 0.1) is 0 Å². The van der Waals surface area contributed by atoms with Crippen molar-refractivity contribution in [1.29, 1.82) is 0 Å². The van der Waals surface area contributed by atoms with Gasteiger partial charge in [-0.3, -0.25) is 9.59 Å². The molecule has 38 heavy (non-hydrogen) atoms. The highest BCUT2D eigenvalue weighted by atomic mass is 16.6. The summed E-state index contributed by atoms with van der Waals surface area (Å²) < 4.78 is 10.5. The third kappa shape index (κ3) is 27.7. The Hall–Kier alpha value is -1.36. The largest absolute Gasteiger partial charge is 0.462 e. The molecule has 0 aromatic heterocycles. The summed E-state index contributed by atoms with van der Waals surface area (Å²) in [6, 6.07) is 0. The van der Waals surface area contributed by atoms with Gasteiger partial charge in [0.25, 0.3) is 0 Å². The summed E-state index contributed by atoms with van der Waals surface area (Å²) in [5.41, 5.74) is 0. The van der Waals surface area contributed by atoms with Crippen LogP contribution in [0.1, 0.15) is 168 Å². The summed E-state index contributed by atoms with van der Waals surface area (Å²) in [7, 11) is 0. The van der Waals surface area contributed by atoms with E-state index in [9.17, 15) is 14.7 Å². The zero-order valence-corrected chi connectivity index (χ0v) is 25.2. The van der Waals surface area contributed by atoms with E-state index in [1.165, 1.54) is 96.3 Å².